The molecule has 1 fully saturated rings. The van der Waals surface area contributed by atoms with Crippen molar-refractivity contribution < 1.29 is 13.2 Å². The Morgan fingerprint density at radius 2 is 1.84 bits per heavy atom. The first-order valence-corrected chi connectivity index (χ1v) is 11.2. The predicted octanol–water partition coefficient (Wildman–Crippen LogP) is 3.54. The molecule has 0 bridgehead atoms. The van der Waals surface area contributed by atoms with Crippen molar-refractivity contribution in [3.8, 4) is 0 Å². The van der Waals surface area contributed by atoms with Crippen molar-refractivity contribution in [2.45, 2.75) is 42.4 Å². The van der Waals surface area contributed by atoms with Gasteiger partial charge in [-0.1, -0.05) is 31.0 Å². The van der Waals surface area contributed by atoms with Gasteiger partial charge < -0.3 is 5.32 Å². The number of carbonyl (C=O) groups is 1. The summed E-state index contributed by atoms with van der Waals surface area (Å²) in [7, 11) is -3.41. The Bertz CT molecular complexity index is 792. The van der Waals surface area contributed by atoms with Crippen LogP contribution in [0.1, 0.15) is 37.7 Å². The molecule has 1 N–H and O–H groups in total. The van der Waals surface area contributed by atoms with Gasteiger partial charge in [-0.2, -0.15) is 11.3 Å². The fourth-order valence-corrected chi connectivity index (χ4v) is 5.55. The van der Waals surface area contributed by atoms with Crippen molar-refractivity contribution in [2.75, 3.05) is 12.3 Å². The lowest BCUT2D eigenvalue weighted by molar-refractivity contribution is -0.121. The molecule has 1 aromatic heterocycles. The summed E-state index contributed by atoms with van der Waals surface area (Å²) in [6.07, 6.45) is 4.50. The van der Waals surface area contributed by atoms with E-state index in [0.29, 0.717) is 6.54 Å². The highest BCUT2D eigenvalue weighted by Gasteiger charge is 2.36. The van der Waals surface area contributed by atoms with E-state index in [1.54, 1.807) is 41.7 Å². The minimum atomic E-state index is -3.41. The summed E-state index contributed by atoms with van der Waals surface area (Å²) in [5.74, 6) is -0.352. The number of benzene rings is 1. The Balaban J connectivity index is 1.56. The van der Waals surface area contributed by atoms with Gasteiger partial charge in [-0.05, 0) is 47.4 Å². The zero-order chi connectivity index (χ0) is 17.8. The van der Waals surface area contributed by atoms with Gasteiger partial charge in [0.15, 0.2) is 9.84 Å². The molecule has 6 heteroatoms. The summed E-state index contributed by atoms with van der Waals surface area (Å²) >= 11 is 1.68. The predicted molar refractivity (Wildman–Crippen MR) is 101 cm³/mol. The molecule has 1 aliphatic carbocycles. The van der Waals surface area contributed by atoms with Crippen LogP contribution in [-0.4, -0.2) is 26.6 Å². The van der Waals surface area contributed by atoms with E-state index in [0.717, 1.165) is 12.8 Å². The molecule has 3 rings (SSSR count). The van der Waals surface area contributed by atoms with Crippen molar-refractivity contribution in [3.05, 3.63) is 52.7 Å². The molecule has 0 atom stereocenters. The molecule has 0 aliphatic heterocycles. The van der Waals surface area contributed by atoms with E-state index in [-0.39, 0.29) is 28.4 Å². The van der Waals surface area contributed by atoms with Gasteiger partial charge in [-0.15, -0.1) is 0 Å². The van der Waals surface area contributed by atoms with Crippen LogP contribution in [0.25, 0.3) is 0 Å². The zero-order valence-electron chi connectivity index (χ0n) is 14.1. The second kappa shape index (κ2) is 7.70. The van der Waals surface area contributed by atoms with Gasteiger partial charge in [0.2, 0.25) is 5.91 Å². The number of amides is 1. The van der Waals surface area contributed by atoms with E-state index in [2.05, 4.69) is 22.1 Å². The molecule has 0 saturated heterocycles. The largest absolute Gasteiger partial charge is 0.355 e. The van der Waals surface area contributed by atoms with E-state index < -0.39 is 9.84 Å². The first-order chi connectivity index (χ1) is 12.0. The minimum Gasteiger partial charge on any atom is -0.355 e. The molecule has 2 aromatic rings. The number of hydrogen-bond donors (Lipinski definition) is 1. The summed E-state index contributed by atoms with van der Waals surface area (Å²) in [4.78, 5) is 12.5. The van der Waals surface area contributed by atoms with E-state index in [9.17, 15) is 13.2 Å². The van der Waals surface area contributed by atoms with Crippen LogP contribution in [0.2, 0.25) is 0 Å². The Kier molecular flexibility index (Phi) is 5.59. The van der Waals surface area contributed by atoms with Crippen LogP contribution in [0.4, 0.5) is 0 Å². The maximum Gasteiger partial charge on any atom is 0.221 e. The van der Waals surface area contributed by atoms with Gasteiger partial charge >= 0.3 is 0 Å². The molecular weight excluding hydrogens is 354 g/mol. The molecule has 25 heavy (non-hydrogen) atoms. The van der Waals surface area contributed by atoms with E-state index in [1.807, 2.05) is 0 Å². The third kappa shape index (κ3) is 4.30. The van der Waals surface area contributed by atoms with Crippen molar-refractivity contribution in [2.24, 2.45) is 0 Å². The van der Waals surface area contributed by atoms with Gasteiger partial charge in [-0.25, -0.2) is 8.42 Å². The Labute approximate surface area is 153 Å². The lowest BCUT2D eigenvalue weighted by Gasteiger charge is -2.28. The second-order valence-electron chi connectivity index (χ2n) is 6.66. The number of nitrogens with one attached hydrogen (secondary N) is 1. The standard InChI is InChI=1S/C19H23NO3S2/c21-18(9-13-25(22,23)17-6-2-1-3-7-17)20-15-19(10-4-5-11-19)16-8-12-24-14-16/h1-3,6-8,12,14H,4-5,9-11,13,15H2,(H,20,21). The molecular formula is C19H23NO3S2. The lowest BCUT2D eigenvalue weighted by atomic mass is 9.80. The molecule has 1 saturated carbocycles. The van der Waals surface area contributed by atoms with Crippen LogP contribution in [0.3, 0.4) is 0 Å². The maximum absolute atomic E-state index is 12.3. The lowest BCUT2D eigenvalue weighted by Crippen LogP contribution is -2.39. The summed E-state index contributed by atoms with van der Waals surface area (Å²) in [6.45, 7) is 0.591. The number of hydrogen-bond acceptors (Lipinski definition) is 4. The summed E-state index contributed by atoms with van der Waals surface area (Å²) in [6, 6.07) is 10.4. The van der Waals surface area contributed by atoms with Crippen LogP contribution >= 0.6 is 11.3 Å². The van der Waals surface area contributed by atoms with E-state index in [1.165, 1.54) is 18.4 Å². The highest BCUT2D eigenvalue weighted by Crippen LogP contribution is 2.41. The van der Waals surface area contributed by atoms with Gasteiger partial charge in [0, 0.05) is 18.4 Å². The maximum atomic E-state index is 12.3. The summed E-state index contributed by atoms with van der Waals surface area (Å²) < 4.78 is 24.5. The average Bonchev–Trinajstić information content (AvgIpc) is 3.31. The molecule has 4 nitrogen and oxygen atoms in total. The number of sulfone groups is 1. The molecule has 134 valence electrons. The number of carbonyl (C=O) groups excluding carboxylic acids is 1. The van der Waals surface area contributed by atoms with Gasteiger partial charge in [0.05, 0.1) is 10.6 Å². The fraction of sp³-hybridized carbons (Fsp3) is 0.421. The number of rotatable bonds is 7. The normalized spacial score (nSPS) is 16.6. The van der Waals surface area contributed by atoms with Crippen molar-refractivity contribution >= 4 is 27.1 Å². The fourth-order valence-electron chi connectivity index (χ4n) is 3.51. The van der Waals surface area contributed by atoms with Crippen LogP contribution in [-0.2, 0) is 20.0 Å². The van der Waals surface area contributed by atoms with Crippen LogP contribution in [0.5, 0.6) is 0 Å². The minimum absolute atomic E-state index is 0.00303. The van der Waals surface area contributed by atoms with E-state index in [4.69, 9.17) is 0 Å². The monoisotopic (exact) mass is 377 g/mol. The molecule has 1 aliphatic rings. The molecule has 0 unspecified atom stereocenters. The topological polar surface area (TPSA) is 63.2 Å². The van der Waals surface area contributed by atoms with Crippen LogP contribution < -0.4 is 5.32 Å². The highest BCUT2D eigenvalue weighted by molar-refractivity contribution is 7.91. The summed E-state index contributed by atoms with van der Waals surface area (Å²) in [5, 5.41) is 7.22. The quantitative estimate of drug-likeness (QED) is 0.803. The molecule has 1 amide bonds. The zero-order valence-corrected chi connectivity index (χ0v) is 15.7. The van der Waals surface area contributed by atoms with Gasteiger partial charge in [0.1, 0.15) is 0 Å². The van der Waals surface area contributed by atoms with Gasteiger partial charge in [0.25, 0.3) is 0 Å². The first-order valence-electron chi connectivity index (χ1n) is 8.59. The molecule has 0 radical (unpaired) electrons. The van der Waals surface area contributed by atoms with Crippen molar-refractivity contribution in [1.82, 2.24) is 5.32 Å². The summed E-state index contributed by atoms with van der Waals surface area (Å²) in [5.41, 5.74) is 1.32. The third-order valence-electron chi connectivity index (χ3n) is 5.02. The third-order valence-corrected chi connectivity index (χ3v) is 7.43. The Morgan fingerprint density at radius 1 is 1.12 bits per heavy atom. The molecule has 1 heterocycles. The Hall–Kier alpha value is -1.66. The van der Waals surface area contributed by atoms with E-state index >= 15 is 0 Å². The Morgan fingerprint density at radius 3 is 2.48 bits per heavy atom. The molecule has 1 aromatic carbocycles. The molecule has 0 spiro atoms. The first kappa shape index (κ1) is 18.1. The second-order valence-corrected chi connectivity index (χ2v) is 9.55. The van der Waals surface area contributed by atoms with Crippen LogP contribution in [0.15, 0.2) is 52.1 Å². The van der Waals surface area contributed by atoms with Crippen molar-refractivity contribution in [1.29, 1.82) is 0 Å². The SMILES string of the molecule is O=C(CCS(=O)(=O)c1ccccc1)NCC1(c2ccsc2)CCCC1. The highest BCUT2D eigenvalue weighted by atomic mass is 32.2. The average molecular weight is 378 g/mol. The van der Waals surface area contributed by atoms with Crippen molar-refractivity contribution in [3.63, 3.8) is 0 Å². The van der Waals surface area contributed by atoms with Crippen LogP contribution in [0, 0.1) is 0 Å². The smallest absolute Gasteiger partial charge is 0.221 e. The van der Waals surface area contributed by atoms with Gasteiger partial charge in [-0.3, -0.25) is 4.79 Å². The number of thiophene rings is 1.